The Hall–Kier alpha value is -3.34. The molecule has 0 aliphatic heterocycles. The van der Waals surface area contributed by atoms with Crippen LogP contribution in [0, 0.1) is 20.8 Å². The van der Waals surface area contributed by atoms with E-state index in [0.29, 0.717) is 5.69 Å². The number of anilines is 2. The normalized spacial score (nSPS) is 12.0. The van der Waals surface area contributed by atoms with Gasteiger partial charge in [0.25, 0.3) is 10.0 Å². The van der Waals surface area contributed by atoms with Gasteiger partial charge in [-0.1, -0.05) is 23.8 Å². The van der Waals surface area contributed by atoms with Gasteiger partial charge in [0.1, 0.15) is 11.4 Å². The summed E-state index contributed by atoms with van der Waals surface area (Å²) >= 11 is 0. The summed E-state index contributed by atoms with van der Waals surface area (Å²) in [6.07, 6.45) is -4.58. The van der Waals surface area contributed by atoms with E-state index in [2.05, 4.69) is 10.4 Å². The van der Waals surface area contributed by atoms with Gasteiger partial charge in [0.05, 0.1) is 22.6 Å². The molecule has 3 rings (SSSR count). The second kappa shape index (κ2) is 8.89. The van der Waals surface area contributed by atoms with Crippen LogP contribution in [0.5, 0.6) is 0 Å². The number of aromatic nitrogens is 2. The Kier molecular flexibility index (Phi) is 6.55. The third kappa shape index (κ3) is 5.19. The summed E-state index contributed by atoms with van der Waals surface area (Å²) in [5, 5.41) is 6.51. The average Bonchev–Trinajstić information content (AvgIpc) is 2.98. The molecule has 0 radical (unpaired) electrons. The summed E-state index contributed by atoms with van der Waals surface area (Å²) in [5.41, 5.74) is 0.767. The van der Waals surface area contributed by atoms with Crippen molar-refractivity contribution in [3.05, 3.63) is 71.0 Å². The van der Waals surface area contributed by atoms with E-state index in [-0.39, 0.29) is 22.0 Å². The molecule has 0 aliphatic carbocycles. The minimum Gasteiger partial charge on any atom is -0.325 e. The van der Waals surface area contributed by atoms with E-state index < -0.39 is 34.2 Å². The number of amides is 1. The molecule has 1 N–H and O–H groups in total. The fraction of sp³-hybridized carbons (Fsp3) is 0.273. The number of alkyl halides is 3. The Morgan fingerprint density at radius 1 is 1.09 bits per heavy atom. The second-order valence-corrected chi connectivity index (χ2v) is 9.40. The molecule has 176 valence electrons. The van der Waals surface area contributed by atoms with Crippen LogP contribution in [0.1, 0.15) is 22.5 Å². The van der Waals surface area contributed by atoms with Gasteiger partial charge in [-0.3, -0.25) is 13.8 Å². The van der Waals surface area contributed by atoms with E-state index >= 15 is 0 Å². The third-order valence-electron chi connectivity index (χ3n) is 5.07. The second-order valence-electron chi connectivity index (χ2n) is 7.60. The fourth-order valence-corrected chi connectivity index (χ4v) is 5.19. The minimum absolute atomic E-state index is 0.0301. The van der Waals surface area contributed by atoms with Crippen LogP contribution in [0.4, 0.5) is 24.5 Å². The van der Waals surface area contributed by atoms with Crippen LogP contribution in [0.3, 0.4) is 0 Å². The monoisotopic (exact) mass is 480 g/mol. The Bertz CT molecular complexity index is 1280. The molecule has 0 fully saturated rings. The van der Waals surface area contributed by atoms with E-state index in [9.17, 15) is 26.4 Å². The molecule has 3 aromatic rings. The lowest BCUT2D eigenvalue weighted by molar-refractivity contribution is -0.137. The molecule has 0 aliphatic rings. The molecular weight excluding hydrogens is 457 g/mol. The van der Waals surface area contributed by atoms with Crippen molar-refractivity contribution < 1.29 is 26.4 Å². The zero-order valence-corrected chi connectivity index (χ0v) is 19.3. The minimum atomic E-state index is -4.58. The standard InChI is InChI=1S/C22H23F3N4O3S/c1-14-8-10-19(11-9-14)29(33(31,32)21-15(2)27-28(4)16(21)3)13-20(30)26-18-7-5-6-17(12-18)22(23,24)25/h5-12H,13H2,1-4H3,(H,26,30). The van der Waals surface area contributed by atoms with Crippen molar-refractivity contribution in [2.45, 2.75) is 31.8 Å². The summed E-state index contributed by atoms with van der Waals surface area (Å²) in [7, 11) is -2.61. The molecular formula is C22H23F3N4O3S. The lowest BCUT2D eigenvalue weighted by atomic mass is 10.2. The summed E-state index contributed by atoms with van der Waals surface area (Å²) < 4.78 is 68.5. The molecule has 2 aromatic carbocycles. The number of halogens is 3. The third-order valence-corrected chi connectivity index (χ3v) is 7.10. The van der Waals surface area contributed by atoms with E-state index in [1.807, 2.05) is 6.92 Å². The van der Waals surface area contributed by atoms with Gasteiger partial charge >= 0.3 is 6.18 Å². The maximum Gasteiger partial charge on any atom is 0.416 e. The number of rotatable bonds is 6. The topological polar surface area (TPSA) is 84.3 Å². The van der Waals surface area contributed by atoms with Gasteiger partial charge in [0.2, 0.25) is 5.91 Å². The number of benzene rings is 2. The predicted octanol–water partition coefficient (Wildman–Crippen LogP) is 4.20. The molecule has 1 heterocycles. The van der Waals surface area contributed by atoms with Crippen LogP contribution in [0.25, 0.3) is 0 Å². The maximum atomic E-state index is 13.6. The first-order valence-electron chi connectivity index (χ1n) is 9.87. The molecule has 0 saturated carbocycles. The molecule has 0 bridgehead atoms. The highest BCUT2D eigenvalue weighted by Crippen LogP contribution is 2.31. The highest BCUT2D eigenvalue weighted by molar-refractivity contribution is 7.93. The van der Waals surface area contributed by atoms with E-state index in [0.717, 1.165) is 28.1 Å². The largest absolute Gasteiger partial charge is 0.416 e. The van der Waals surface area contributed by atoms with Crippen LogP contribution >= 0.6 is 0 Å². The number of nitrogens with one attached hydrogen (secondary N) is 1. The van der Waals surface area contributed by atoms with Gasteiger partial charge in [-0.05, 0) is 51.1 Å². The van der Waals surface area contributed by atoms with Gasteiger partial charge < -0.3 is 5.32 Å². The van der Waals surface area contributed by atoms with Crippen LogP contribution in [0.15, 0.2) is 53.4 Å². The summed E-state index contributed by atoms with van der Waals surface area (Å²) in [5.74, 6) is -0.794. The lowest BCUT2D eigenvalue weighted by Gasteiger charge is -2.24. The number of nitrogens with zero attached hydrogens (tertiary/aromatic N) is 3. The molecule has 1 aromatic heterocycles. The molecule has 7 nitrogen and oxygen atoms in total. The van der Waals surface area contributed by atoms with Crippen LogP contribution < -0.4 is 9.62 Å². The summed E-state index contributed by atoms with van der Waals surface area (Å²) in [4.78, 5) is 12.7. The SMILES string of the molecule is Cc1ccc(N(CC(=O)Nc2cccc(C(F)(F)F)c2)S(=O)(=O)c2c(C)nn(C)c2C)cc1. The molecule has 0 atom stereocenters. The number of sulfonamides is 1. The number of aryl methyl sites for hydroxylation is 3. The van der Waals surface area contributed by atoms with Crippen LogP contribution in [0.2, 0.25) is 0 Å². The Morgan fingerprint density at radius 2 is 1.73 bits per heavy atom. The molecule has 11 heteroatoms. The molecule has 0 unspecified atom stereocenters. The molecule has 0 spiro atoms. The van der Waals surface area contributed by atoms with Gasteiger partial charge in [-0.25, -0.2) is 8.42 Å². The van der Waals surface area contributed by atoms with E-state index in [1.165, 1.54) is 10.7 Å². The quantitative estimate of drug-likeness (QED) is 0.573. The van der Waals surface area contributed by atoms with Gasteiger partial charge in [-0.15, -0.1) is 0 Å². The Morgan fingerprint density at radius 3 is 2.27 bits per heavy atom. The highest BCUT2D eigenvalue weighted by atomic mass is 32.2. The predicted molar refractivity (Wildman–Crippen MR) is 118 cm³/mol. The van der Waals surface area contributed by atoms with Crippen molar-refractivity contribution in [1.82, 2.24) is 9.78 Å². The Labute approximate surface area is 189 Å². The lowest BCUT2D eigenvalue weighted by Crippen LogP contribution is -2.38. The highest BCUT2D eigenvalue weighted by Gasteiger charge is 2.33. The van der Waals surface area contributed by atoms with Crippen molar-refractivity contribution in [3.63, 3.8) is 0 Å². The Balaban J connectivity index is 1.98. The van der Waals surface area contributed by atoms with Crippen molar-refractivity contribution in [2.75, 3.05) is 16.2 Å². The first-order chi connectivity index (χ1) is 15.3. The van der Waals surface area contributed by atoms with Crippen molar-refractivity contribution in [2.24, 2.45) is 7.05 Å². The summed E-state index contributed by atoms with van der Waals surface area (Å²) in [6.45, 7) is 4.34. The van der Waals surface area contributed by atoms with Crippen LogP contribution in [-0.4, -0.2) is 30.7 Å². The van der Waals surface area contributed by atoms with Gasteiger partial charge in [0.15, 0.2) is 0 Å². The van der Waals surface area contributed by atoms with Gasteiger partial charge in [0, 0.05) is 12.7 Å². The zero-order chi connectivity index (χ0) is 24.6. The first kappa shape index (κ1) is 24.3. The number of carbonyl (C=O) groups is 1. The van der Waals surface area contributed by atoms with Crippen molar-refractivity contribution >= 4 is 27.3 Å². The summed E-state index contributed by atoms with van der Waals surface area (Å²) in [6, 6.07) is 10.7. The zero-order valence-electron chi connectivity index (χ0n) is 18.4. The smallest absolute Gasteiger partial charge is 0.325 e. The number of hydrogen-bond acceptors (Lipinski definition) is 4. The number of hydrogen-bond donors (Lipinski definition) is 1. The average molecular weight is 481 g/mol. The first-order valence-corrected chi connectivity index (χ1v) is 11.3. The van der Waals surface area contributed by atoms with E-state index in [4.69, 9.17) is 0 Å². The fourth-order valence-electron chi connectivity index (χ4n) is 3.37. The van der Waals surface area contributed by atoms with E-state index in [1.54, 1.807) is 45.2 Å². The maximum absolute atomic E-state index is 13.6. The van der Waals surface area contributed by atoms with Crippen molar-refractivity contribution in [1.29, 1.82) is 0 Å². The van der Waals surface area contributed by atoms with Crippen LogP contribution in [-0.2, 0) is 28.0 Å². The van der Waals surface area contributed by atoms with Crippen molar-refractivity contribution in [3.8, 4) is 0 Å². The molecule has 1 amide bonds. The molecule has 0 saturated heterocycles. The van der Waals surface area contributed by atoms with Gasteiger partial charge in [-0.2, -0.15) is 18.3 Å². The number of carbonyl (C=O) groups excluding carboxylic acids is 1. The molecule has 33 heavy (non-hydrogen) atoms.